The summed E-state index contributed by atoms with van der Waals surface area (Å²) in [7, 11) is 0. The van der Waals surface area contributed by atoms with Crippen LogP contribution >= 0.6 is 11.8 Å². The lowest BCUT2D eigenvalue weighted by Crippen LogP contribution is -2.28. The highest BCUT2D eigenvalue weighted by Crippen LogP contribution is 2.50. The molecule has 140 valence electrons. The van der Waals surface area contributed by atoms with Crippen molar-refractivity contribution in [3.05, 3.63) is 70.3 Å². The molecule has 4 aliphatic rings. The van der Waals surface area contributed by atoms with Gasteiger partial charge in [0.15, 0.2) is 0 Å². The zero-order valence-corrected chi connectivity index (χ0v) is 16.9. The molecule has 5 rings (SSSR count). The van der Waals surface area contributed by atoms with Crippen LogP contribution in [0.1, 0.15) is 49.7 Å². The number of rotatable bonds is 4. The Balaban J connectivity index is 1.22. The Morgan fingerprint density at radius 3 is 2.37 bits per heavy atom. The third-order valence-corrected chi connectivity index (χ3v) is 8.09. The van der Waals surface area contributed by atoms with Crippen LogP contribution in [0, 0.1) is 17.3 Å². The normalized spacial score (nSPS) is 24.5. The molecule has 0 atom stereocenters. The maximum absolute atomic E-state index is 4.92. The van der Waals surface area contributed by atoms with Gasteiger partial charge in [-0.2, -0.15) is 0 Å². The summed E-state index contributed by atoms with van der Waals surface area (Å²) in [5, 5.41) is 0. The van der Waals surface area contributed by atoms with Gasteiger partial charge in [-0.15, -0.1) is 11.8 Å². The van der Waals surface area contributed by atoms with E-state index in [9.17, 15) is 0 Å². The quantitative estimate of drug-likeness (QED) is 0.584. The minimum absolute atomic E-state index is 0.524. The van der Waals surface area contributed by atoms with Gasteiger partial charge in [-0.05, 0) is 91.6 Å². The van der Waals surface area contributed by atoms with E-state index in [1.165, 1.54) is 67.7 Å². The van der Waals surface area contributed by atoms with Crippen LogP contribution in [0.25, 0.3) is 0 Å². The maximum atomic E-state index is 4.92. The van der Waals surface area contributed by atoms with Gasteiger partial charge in [0.2, 0.25) is 0 Å². The van der Waals surface area contributed by atoms with E-state index in [2.05, 4.69) is 49.2 Å². The lowest BCUT2D eigenvalue weighted by atomic mass is 9.68. The third-order valence-electron chi connectivity index (χ3n) is 6.90. The SMILES string of the molecule is C=C1C=C(SCC2CC2)C=NC(C2CCC3(CC2)Cc2ccccc2C3)=C1. The van der Waals surface area contributed by atoms with E-state index in [1.807, 2.05) is 11.8 Å². The Hall–Kier alpha value is -1.54. The number of aliphatic imine (C=N–C) groups is 1. The zero-order chi connectivity index (χ0) is 18.3. The largest absolute Gasteiger partial charge is 0.260 e. The van der Waals surface area contributed by atoms with Crippen molar-refractivity contribution in [2.45, 2.75) is 51.4 Å². The van der Waals surface area contributed by atoms with Crippen molar-refractivity contribution >= 4 is 18.0 Å². The fraction of sp³-hybridized carbons (Fsp3) is 0.480. The fourth-order valence-corrected chi connectivity index (χ4v) is 6.20. The zero-order valence-electron chi connectivity index (χ0n) is 16.1. The second-order valence-electron chi connectivity index (χ2n) is 9.10. The summed E-state index contributed by atoms with van der Waals surface area (Å²) >= 11 is 1.96. The molecule has 0 N–H and O–H groups in total. The summed E-state index contributed by atoms with van der Waals surface area (Å²) in [5.41, 5.74) is 6.10. The number of hydrogen-bond donors (Lipinski definition) is 0. The second kappa shape index (κ2) is 7.13. The molecule has 1 nitrogen and oxygen atoms in total. The molecule has 2 fully saturated rings. The average molecular weight is 376 g/mol. The van der Waals surface area contributed by atoms with E-state index in [0.717, 1.165) is 11.5 Å². The maximum Gasteiger partial charge on any atom is 0.0440 e. The van der Waals surface area contributed by atoms with E-state index < -0.39 is 0 Å². The summed E-state index contributed by atoms with van der Waals surface area (Å²) in [6.45, 7) is 4.26. The molecule has 0 radical (unpaired) electrons. The van der Waals surface area contributed by atoms with E-state index in [4.69, 9.17) is 4.99 Å². The first-order valence-electron chi connectivity index (χ1n) is 10.6. The van der Waals surface area contributed by atoms with Gasteiger partial charge in [-0.25, -0.2) is 0 Å². The molecule has 0 saturated heterocycles. The van der Waals surface area contributed by atoms with Crippen molar-refractivity contribution in [1.82, 2.24) is 0 Å². The molecular formula is C25H29NS. The van der Waals surface area contributed by atoms with E-state index >= 15 is 0 Å². The van der Waals surface area contributed by atoms with Crippen molar-refractivity contribution in [3.8, 4) is 0 Å². The topological polar surface area (TPSA) is 12.4 Å². The van der Waals surface area contributed by atoms with Crippen LogP contribution < -0.4 is 0 Å². The van der Waals surface area contributed by atoms with Crippen LogP contribution in [0.5, 0.6) is 0 Å². The Bertz CT molecular complexity index is 805. The Morgan fingerprint density at radius 1 is 1.00 bits per heavy atom. The summed E-state index contributed by atoms with van der Waals surface area (Å²) in [6.07, 6.45) is 17.2. The molecule has 0 amide bonds. The molecular weight excluding hydrogens is 346 g/mol. The van der Waals surface area contributed by atoms with Gasteiger partial charge in [0.05, 0.1) is 0 Å². The molecule has 1 aliphatic heterocycles. The highest BCUT2D eigenvalue weighted by Gasteiger charge is 2.40. The number of fused-ring (bicyclic) bond motifs is 1. The molecule has 3 aliphatic carbocycles. The smallest absolute Gasteiger partial charge is 0.0440 e. The van der Waals surface area contributed by atoms with Gasteiger partial charge in [-0.1, -0.05) is 30.8 Å². The van der Waals surface area contributed by atoms with Gasteiger partial charge >= 0.3 is 0 Å². The molecule has 1 spiro atoms. The van der Waals surface area contributed by atoms with E-state index in [1.54, 1.807) is 11.1 Å². The highest BCUT2D eigenvalue weighted by molar-refractivity contribution is 8.03. The standard InChI is InChI=1S/C25H29NS/c1-18-12-23(27-17-19-6-7-19)16-26-24(13-18)20-8-10-25(11-9-20)14-21-4-2-3-5-22(21)15-25/h2-5,12-13,16,19-20H,1,6-11,14-15,17H2. The van der Waals surface area contributed by atoms with Gasteiger partial charge in [0, 0.05) is 28.5 Å². The monoisotopic (exact) mass is 375 g/mol. The van der Waals surface area contributed by atoms with Crippen molar-refractivity contribution in [2.24, 2.45) is 22.2 Å². The van der Waals surface area contributed by atoms with E-state index in [-0.39, 0.29) is 0 Å². The molecule has 0 aromatic heterocycles. The molecule has 2 saturated carbocycles. The summed E-state index contributed by atoms with van der Waals surface area (Å²) in [4.78, 5) is 6.21. The highest BCUT2D eigenvalue weighted by atomic mass is 32.2. The van der Waals surface area contributed by atoms with Crippen LogP contribution in [-0.4, -0.2) is 12.0 Å². The molecule has 27 heavy (non-hydrogen) atoms. The van der Waals surface area contributed by atoms with Gasteiger partial charge in [0.1, 0.15) is 0 Å². The first-order chi connectivity index (χ1) is 13.2. The predicted octanol–water partition coefficient (Wildman–Crippen LogP) is 6.51. The predicted molar refractivity (Wildman–Crippen MR) is 117 cm³/mol. The van der Waals surface area contributed by atoms with Crippen molar-refractivity contribution < 1.29 is 0 Å². The van der Waals surface area contributed by atoms with Gasteiger partial charge < -0.3 is 0 Å². The van der Waals surface area contributed by atoms with Crippen LogP contribution in [0.3, 0.4) is 0 Å². The Morgan fingerprint density at radius 2 is 1.70 bits per heavy atom. The minimum Gasteiger partial charge on any atom is -0.260 e. The van der Waals surface area contributed by atoms with Crippen LogP contribution in [0.15, 0.2) is 64.2 Å². The number of nitrogens with zero attached hydrogens (tertiary/aromatic N) is 1. The third kappa shape index (κ3) is 3.87. The molecule has 1 aromatic rings. The molecule has 1 aromatic carbocycles. The number of hydrogen-bond acceptors (Lipinski definition) is 2. The van der Waals surface area contributed by atoms with Crippen molar-refractivity contribution in [1.29, 1.82) is 0 Å². The number of thioether (sulfide) groups is 1. The average Bonchev–Trinajstić information content (AvgIpc) is 3.45. The van der Waals surface area contributed by atoms with Crippen LogP contribution in [-0.2, 0) is 12.8 Å². The number of allylic oxidation sites excluding steroid dienone is 5. The Labute approximate surface area is 167 Å². The summed E-state index contributed by atoms with van der Waals surface area (Å²) in [6, 6.07) is 9.08. The first-order valence-corrected chi connectivity index (χ1v) is 11.5. The summed E-state index contributed by atoms with van der Waals surface area (Å²) < 4.78 is 0. The molecule has 0 unspecified atom stereocenters. The lowest BCUT2D eigenvalue weighted by Gasteiger charge is -2.37. The van der Waals surface area contributed by atoms with Crippen molar-refractivity contribution in [2.75, 3.05) is 5.75 Å². The molecule has 1 heterocycles. The summed E-state index contributed by atoms with van der Waals surface area (Å²) in [5.74, 6) is 2.79. The minimum atomic E-state index is 0.524. The van der Waals surface area contributed by atoms with Crippen LogP contribution in [0.4, 0.5) is 0 Å². The van der Waals surface area contributed by atoms with Crippen molar-refractivity contribution in [3.63, 3.8) is 0 Å². The Kier molecular flexibility index (Phi) is 4.63. The lowest BCUT2D eigenvalue weighted by molar-refractivity contribution is 0.173. The van der Waals surface area contributed by atoms with Gasteiger partial charge in [-0.3, -0.25) is 4.99 Å². The fourth-order valence-electron chi connectivity index (χ4n) is 5.08. The van der Waals surface area contributed by atoms with Gasteiger partial charge in [0.25, 0.3) is 0 Å². The number of benzene rings is 1. The van der Waals surface area contributed by atoms with E-state index in [0.29, 0.717) is 11.3 Å². The molecule has 2 heteroatoms. The molecule has 0 bridgehead atoms. The van der Waals surface area contributed by atoms with Crippen LogP contribution in [0.2, 0.25) is 0 Å². The first kappa shape index (κ1) is 17.6. The second-order valence-corrected chi connectivity index (χ2v) is 10.2.